The lowest BCUT2D eigenvalue weighted by Crippen LogP contribution is -2.51. The molecule has 0 bridgehead atoms. The Bertz CT molecular complexity index is 1140. The number of aromatic nitrogens is 3. The summed E-state index contributed by atoms with van der Waals surface area (Å²) in [6, 6.07) is 7.71. The van der Waals surface area contributed by atoms with Crippen LogP contribution in [0.25, 0.3) is 11.0 Å². The number of allylic oxidation sites excluding steroid dienone is 1. The fraction of sp³-hybridized carbons (Fsp3) is 0.615. The van der Waals surface area contributed by atoms with Gasteiger partial charge in [-0.3, -0.25) is 9.59 Å². The number of nitrogens with one attached hydrogen (secondary N) is 1. The summed E-state index contributed by atoms with van der Waals surface area (Å²) in [6.45, 7) is 4.78. The maximum absolute atomic E-state index is 13.5. The molecule has 0 spiro atoms. The number of ketones is 1. The van der Waals surface area contributed by atoms with Crippen LogP contribution in [0.3, 0.4) is 0 Å². The number of nitrogens with zero attached hydrogens (tertiary/aromatic N) is 3. The number of carbonyl (C=O) groups excluding carboxylic acids is 2. The molecule has 32 heavy (non-hydrogen) atoms. The molecule has 6 rings (SSSR count). The van der Waals surface area contributed by atoms with E-state index >= 15 is 0 Å². The zero-order valence-corrected chi connectivity index (χ0v) is 19.0. The molecular formula is C26H32N4O2. The zero-order valence-electron chi connectivity index (χ0n) is 19.0. The van der Waals surface area contributed by atoms with Crippen molar-refractivity contribution in [3.8, 4) is 0 Å². The molecule has 4 aliphatic rings. The van der Waals surface area contributed by atoms with Gasteiger partial charge < -0.3 is 0 Å². The molecule has 6 heteroatoms. The molecule has 1 aromatic carbocycles. The van der Waals surface area contributed by atoms with Gasteiger partial charge in [-0.1, -0.05) is 31.6 Å². The summed E-state index contributed by atoms with van der Waals surface area (Å²) in [4.78, 5) is 27.0. The molecule has 3 saturated carbocycles. The second-order valence-electron chi connectivity index (χ2n) is 11.1. The predicted molar refractivity (Wildman–Crippen MR) is 122 cm³/mol. The molecule has 2 aromatic rings. The van der Waals surface area contributed by atoms with Gasteiger partial charge in [0.2, 0.25) is 5.91 Å². The SMILES string of the molecule is C[C@]12CC[C@H]3[C@@H](CCC4=CC(=O)CC[C@@]43C)[C@@H]1CC[C@@H]2C(=O)Nn1nnc2ccccc21. The van der Waals surface area contributed by atoms with Gasteiger partial charge in [-0.05, 0) is 97.0 Å². The van der Waals surface area contributed by atoms with E-state index in [2.05, 4.69) is 29.6 Å². The minimum atomic E-state index is 0.00842. The van der Waals surface area contributed by atoms with Gasteiger partial charge >= 0.3 is 0 Å². The number of rotatable bonds is 2. The van der Waals surface area contributed by atoms with E-state index in [0.717, 1.165) is 49.6 Å². The highest BCUT2D eigenvalue weighted by Crippen LogP contribution is 2.66. The van der Waals surface area contributed by atoms with Gasteiger partial charge in [-0.15, -0.1) is 5.10 Å². The van der Waals surface area contributed by atoms with E-state index in [1.165, 1.54) is 16.8 Å². The van der Waals surface area contributed by atoms with Crippen molar-refractivity contribution in [2.24, 2.45) is 34.5 Å². The van der Waals surface area contributed by atoms with Gasteiger partial charge in [-0.2, -0.15) is 4.79 Å². The van der Waals surface area contributed by atoms with Crippen molar-refractivity contribution in [1.82, 2.24) is 15.1 Å². The Morgan fingerprint density at radius 2 is 1.91 bits per heavy atom. The van der Waals surface area contributed by atoms with Crippen LogP contribution >= 0.6 is 0 Å². The molecule has 1 amide bonds. The summed E-state index contributed by atoms with van der Waals surface area (Å²) in [5, 5.41) is 8.33. The molecule has 0 saturated heterocycles. The van der Waals surface area contributed by atoms with Crippen LogP contribution in [0, 0.1) is 34.5 Å². The highest BCUT2D eigenvalue weighted by Gasteiger charge is 2.60. The summed E-state index contributed by atoms with van der Waals surface area (Å²) in [7, 11) is 0. The Morgan fingerprint density at radius 3 is 2.78 bits per heavy atom. The van der Waals surface area contributed by atoms with E-state index < -0.39 is 0 Å². The molecular weight excluding hydrogens is 400 g/mol. The van der Waals surface area contributed by atoms with Crippen LogP contribution in [0.1, 0.15) is 65.2 Å². The topological polar surface area (TPSA) is 76.9 Å². The molecule has 0 radical (unpaired) electrons. The highest BCUT2D eigenvalue weighted by atomic mass is 16.2. The fourth-order valence-electron chi connectivity index (χ4n) is 8.12. The number of hydrogen-bond acceptors (Lipinski definition) is 4. The first kappa shape index (κ1) is 20.1. The molecule has 4 aliphatic carbocycles. The van der Waals surface area contributed by atoms with Crippen molar-refractivity contribution in [1.29, 1.82) is 0 Å². The smallest absolute Gasteiger partial charge is 0.243 e. The molecule has 1 heterocycles. The van der Waals surface area contributed by atoms with Crippen LogP contribution < -0.4 is 5.43 Å². The summed E-state index contributed by atoms with van der Waals surface area (Å²) >= 11 is 0. The van der Waals surface area contributed by atoms with Gasteiger partial charge in [0.15, 0.2) is 5.78 Å². The summed E-state index contributed by atoms with van der Waals surface area (Å²) in [5.41, 5.74) is 6.28. The van der Waals surface area contributed by atoms with Crippen LogP contribution in [-0.2, 0) is 9.59 Å². The van der Waals surface area contributed by atoms with Crippen molar-refractivity contribution >= 4 is 22.7 Å². The molecule has 3 fully saturated rings. The van der Waals surface area contributed by atoms with Crippen molar-refractivity contribution in [2.45, 2.75) is 65.2 Å². The molecule has 1 aromatic heterocycles. The molecule has 6 nitrogen and oxygen atoms in total. The number of benzene rings is 1. The number of carbonyl (C=O) groups is 2. The lowest BCUT2D eigenvalue weighted by atomic mass is 9.47. The first-order valence-electron chi connectivity index (χ1n) is 12.3. The van der Waals surface area contributed by atoms with Crippen LogP contribution in [0.15, 0.2) is 35.9 Å². The second kappa shape index (κ2) is 7.00. The van der Waals surface area contributed by atoms with E-state index in [0.29, 0.717) is 30.0 Å². The van der Waals surface area contributed by atoms with E-state index in [1.54, 1.807) is 0 Å². The van der Waals surface area contributed by atoms with E-state index in [4.69, 9.17) is 0 Å². The number of fused-ring (bicyclic) bond motifs is 6. The van der Waals surface area contributed by atoms with E-state index in [9.17, 15) is 9.59 Å². The Morgan fingerprint density at radius 1 is 1.06 bits per heavy atom. The molecule has 0 unspecified atom stereocenters. The monoisotopic (exact) mass is 432 g/mol. The molecule has 168 valence electrons. The standard InChI is InChI=1S/C26H32N4O2/c1-25-13-11-17(31)15-16(25)7-8-18-19-9-10-21(26(19,2)14-12-20(18)25)24(32)28-30-23-6-4-3-5-22(23)27-29-30/h3-6,15,18-21H,7-14H2,1-2H3,(H,28,32)/t18-,19-,20-,21+,25-,26-/m0/s1. The van der Waals surface area contributed by atoms with Crippen molar-refractivity contribution in [3.05, 3.63) is 35.9 Å². The lowest BCUT2D eigenvalue weighted by molar-refractivity contribution is -0.128. The van der Waals surface area contributed by atoms with Crippen molar-refractivity contribution in [2.75, 3.05) is 5.43 Å². The third kappa shape index (κ3) is 2.77. The molecule has 1 N–H and O–H groups in total. The minimum Gasteiger partial charge on any atom is -0.295 e. The van der Waals surface area contributed by atoms with Crippen LogP contribution in [0.2, 0.25) is 0 Å². The number of hydrogen-bond donors (Lipinski definition) is 1. The quantitative estimate of drug-likeness (QED) is 0.749. The minimum absolute atomic E-state index is 0.00842. The van der Waals surface area contributed by atoms with Gasteiger partial charge in [0.1, 0.15) is 11.0 Å². The zero-order chi connectivity index (χ0) is 22.1. The fourth-order valence-corrected chi connectivity index (χ4v) is 8.12. The third-order valence-corrected chi connectivity index (χ3v) is 9.85. The van der Waals surface area contributed by atoms with Crippen LogP contribution in [-0.4, -0.2) is 26.8 Å². The van der Waals surface area contributed by atoms with Gasteiger partial charge in [0.25, 0.3) is 0 Å². The van der Waals surface area contributed by atoms with Crippen LogP contribution in [0.5, 0.6) is 0 Å². The van der Waals surface area contributed by atoms with Crippen molar-refractivity contribution < 1.29 is 9.59 Å². The Kier molecular flexibility index (Phi) is 4.40. The largest absolute Gasteiger partial charge is 0.295 e. The predicted octanol–water partition coefficient (Wildman–Crippen LogP) is 4.65. The number of para-hydroxylation sites is 1. The third-order valence-electron chi connectivity index (χ3n) is 9.85. The van der Waals surface area contributed by atoms with Crippen molar-refractivity contribution in [3.63, 3.8) is 0 Å². The normalized spacial score (nSPS) is 38.6. The number of amides is 1. The maximum atomic E-state index is 13.5. The van der Waals surface area contributed by atoms with Crippen LogP contribution in [0.4, 0.5) is 0 Å². The average molecular weight is 433 g/mol. The Balaban J connectivity index is 1.25. The summed E-state index contributed by atoms with van der Waals surface area (Å²) in [6.07, 6.45) is 10.2. The lowest BCUT2D eigenvalue weighted by Gasteiger charge is -2.58. The maximum Gasteiger partial charge on any atom is 0.243 e. The van der Waals surface area contributed by atoms with E-state index in [1.807, 2.05) is 30.3 Å². The second-order valence-corrected chi connectivity index (χ2v) is 11.1. The first-order chi connectivity index (χ1) is 15.4. The van der Waals surface area contributed by atoms with Gasteiger partial charge in [-0.25, -0.2) is 5.43 Å². The highest BCUT2D eigenvalue weighted by molar-refractivity contribution is 5.91. The molecule has 0 aliphatic heterocycles. The Labute approximate surface area is 188 Å². The average Bonchev–Trinajstić information content (AvgIpc) is 3.35. The molecule has 6 atom stereocenters. The Hall–Kier alpha value is -2.50. The summed E-state index contributed by atoms with van der Waals surface area (Å²) < 4.78 is 0. The van der Waals surface area contributed by atoms with Gasteiger partial charge in [0.05, 0.1) is 0 Å². The first-order valence-corrected chi connectivity index (χ1v) is 12.3. The van der Waals surface area contributed by atoms with Gasteiger partial charge in [0, 0.05) is 12.3 Å². The summed E-state index contributed by atoms with van der Waals surface area (Å²) in [5.74, 6) is 2.29. The van der Waals surface area contributed by atoms with E-state index in [-0.39, 0.29) is 22.7 Å².